The minimum absolute atomic E-state index is 0.443. The predicted octanol–water partition coefficient (Wildman–Crippen LogP) is 2.30. The number of hydrogen-bond acceptors (Lipinski definition) is 3. The predicted molar refractivity (Wildman–Crippen MR) is 69.7 cm³/mol. The van der Waals surface area contributed by atoms with Crippen molar-refractivity contribution in [2.75, 3.05) is 14.1 Å². The van der Waals surface area contributed by atoms with E-state index in [-0.39, 0.29) is 0 Å². The lowest BCUT2D eigenvalue weighted by Crippen LogP contribution is -1.90. The standard InChI is InChI=1S/C12H8O2.C2H7N/c13-7-11-5-9-3-1-2-4-10(9)6-12(11)8-14;1-3-2/h1-8H;3H,1-2H3. The Balaban J connectivity index is 0.000000437. The molecule has 0 unspecified atom stereocenters. The van der Waals surface area contributed by atoms with Crippen molar-refractivity contribution in [2.24, 2.45) is 0 Å². The van der Waals surface area contributed by atoms with Gasteiger partial charge in [0.05, 0.1) is 0 Å². The Morgan fingerprint density at radius 3 is 1.53 bits per heavy atom. The Morgan fingerprint density at radius 2 is 1.24 bits per heavy atom. The molecule has 2 rings (SSSR count). The molecule has 2 aromatic carbocycles. The van der Waals surface area contributed by atoms with Crippen LogP contribution in [-0.4, -0.2) is 26.7 Å². The molecule has 0 spiro atoms. The first-order valence-corrected chi connectivity index (χ1v) is 5.28. The minimum Gasteiger partial charge on any atom is -0.323 e. The van der Waals surface area contributed by atoms with E-state index in [0.717, 1.165) is 10.8 Å². The Labute approximate surface area is 100 Å². The van der Waals surface area contributed by atoms with Gasteiger partial charge < -0.3 is 5.32 Å². The molecule has 0 aliphatic heterocycles. The molecule has 0 aliphatic rings. The average Bonchev–Trinajstić information content (AvgIpc) is 2.38. The van der Waals surface area contributed by atoms with E-state index in [1.54, 1.807) is 12.1 Å². The van der Waals surface area contributed by atoms with E-state index in [0.29, 0.717) is 23.7 Å². The first-order valence-electron chi connectivity index (χ1n) is 5.28. The van der Waals surface area contributed by atoms with Crippen LogP contribution in [0.4, 0.5) is 0 Å². The molecule has 88 valence electrons. The highest BCUT2D eigenvalue weighted by molar-refractivity contribution is 5.98. The molecule has 0 aliphatic carbocycles. The molecule has 0 radical (unpaired) electrons. The molecular formula is C14H15NO2. The fraction of sp³-hybridized carbons (Fsp3) is 0.143. The van der Waals surface area contributed by atoms with Crippen molar-refractivity contribution in [2.45, 2.75) is 0 Å². The van der Waals surface area contributed by atoms with Gasteiger partial charge in [0, 0.05) is 11.1 Å². The largest absolute Gasteiger partial charge is 0.323 e. The zero-order valence-corrected chi connectivity index (χ0v) is 9.94. The normalized spacial score (nSPS) is 9.29. The number of carbonyl (C=O) groups excluding carboxylic acids is 2. The summed E-state index contributed by atoms with van der Waals surface area (Å²) in [6, 6.07) is 11.1. The first kappa shape index (κ1) is 13.1. The number of benzene rings is 2. The summed E-state index contributed by atoms with van der Waals surface area (Å²) >= 11 is 0. The second-order valence-corrected chi connectivity index (χ2v) is 3.56. The van der Waals surface area contributed by atoms with Gasteiger partial charge in [0.1, 0.15) is 0 Å². The summed E-state index contributed by atoms with van der Waals surface area (Å²) in [5.41, 5.74) is 0.886. The monoisotopic (exact) mass is 229 g/mol. The molecule has 2 aromatic rings. The molecule has 1 N–H and O–H groups in total. The lowest BCUT2D eigenvalue weighted by atomic mass is 10.0. The third-order valence-electron chi connectivity index (χ3n) is 2.21. The van der Waals surface area contributed by atoms with Crippen LogP contribution in [0.1, 0.15) is 20.7 Å². The van der Waals surface area contributed by atoms with Crippen LogP contribution < -0.4 is 5.32 Å². The molecule has 0 heterocycles. The number of fused-ring (bicyclic) bond motifs is 1. The van der Waals surface area contributed by atoms with Gasteiger partial charge in [-0.1, -0.05) is 24.3 Å². The number of rotatable bonds is 2. The van der Waals surface area contributed by atoms with E-state index in [2.05, 4.69) is 5.32 Å². The molecule has 0 amide bonds. The highest BCUT2D eigenvalue weighted by Crippen LogP contribution is 2.17. The summed E-state index contributed by atoms with van der Waals surface area (Å²) < 4.78 is 0. The van der Waals surface area contributed by atoms with E-state index in [1.165, 1.54) is 0 Å². The summed E-state index contributed by atoms with van der Waals surface area (Å²) in [5, 5.41) is 4.69. The van der Waals surface area contributed by atoms with Crippen LogP contribution in [0.3, 0.4) is 0 Å². The van der Waals surface area contributed by atoms with E-state index < -0.39 is 0 Å². The summed E-state index contributed by atoms with van der Waals surface area (Å²) in [7, 11) is 3.75. The third kappa shape index (κ3) is 3.23. The molecule has 0 fully saturated rings. The molecule has 3 nitrogen and oxygen atoms in total. The van der Waals surface area contributed by atoms with Gasteiger partial charge >= 0.3 is 0 Å². The van der Waals surface area contributed by atoms with Crippen LogP contribution in [0.5, 0.6) is 0 Å². The first-order chi connectivity index (χ1) is 8.26. The van der Waals surface area contributed by atoms with Crippen molar-refractivity contribution in [1.29, 1.82) is 0 Å². The number of carbonyl (C=O) groups is 2. The topological polar surface area (TPSA) is 46.2 Å². The average molecular weight is 229 g/mol. The molecule has 17 heavy (non-hydrogen) atoms. The van der Waals surface area contributed by atoms with Gasteiger partial charge in [0.2, 0.25) is 0 Å². The molecule has 0 saturated heterocycles. The van der Waals surface area contributed by atoms with Gasteiger partial charge in [0.15, 0.2) is 12.6 Å². The van der Waals surface area contributed by atoms with Crippen molar-refractivity contribution >= 4 is 23.3 Å². The molecular weight excluding hydrogens is 214 g/mol. The Bertz CT molecular complexity index is 474. The van der Waals surface area contributed by atoms with Crippen molar-refractivity contribution in [3.05, 3.63) is 47.5 Å². The molecule has 0 saturated carbocycles. The molecule has 3 heteroatoms. The molecule has 0 bridgehead atoms. The van der Waals surface area contributed by atoms with Crippen LogP contribution in [-0.2, 0) is 0 Å². The molecule has 0 atom stereocenters. The quantitative estimate of drug-likeness (QED) is 0.804. The van der Waals surface area contributed by atoms with Gasteiger partial charge in [-0.3, -0.25) is 9.59 Å². The maximum atomic E-state index is 10.7. The Morgan fingerprint density at radius 1 is 0.882 bits per heavy atom. The maximum absolute atomic E-state index is 10.7. The van der Waals surface area contributed by atoms with Crippen LogP contribution in [0.15, 0.2) is 36.4 Å². The zero-order valence-electron chi connectivity index (χ0n) is 9.94. The van der Waals surface area contributed by atoms with Crippen molar-refractivity contribution in [3.8, 4) is 0 Å². The lowest BCUT2D eigenvalue weighted by Gasteiger charge is -2.00. The van der Waals surface area contributed by atoms with E-state index in [1.807, 2.05) is 38.4 Å². The van der Waals surface area contributed by atoms with Crippen molar-refractivity contribution in [3.63, 3.8) is 0 Å². The highest BCUT2D eigenvalue weighted by Gasteiger charge is 2.02. The smallest absolute Gasteiger partial charge is 0.150 e. The van der Waals surface area contributed by atoms with Gasteiger partial charge in [-0.25, -0.2) is 0 Å². The van der Waals surface area contributed by atoms with E-state index in [4.69, 9.17) is 0 Å². The summed E-state index contributed by atoms with van der Waals surface area (Å²) in [4.78, 5) is 21.3. The third-order valence-corrected chi connectivity index (χ3v) is 2.21. The van der Waals surface area contributed by atoms with Crippen LogP contribution in [0, 0.1) is 0 Å². The van der Waals surface area contributed by atoms with Crippen LogP contribution in [0.25, 0.3) is 10.8 Å². The second-order valence-electron chi connectivity index (χ2n) is 3.56. The maximum Gasteiger partial charge on any atom is 0.150 e. The van der Waals surface area contributed by atoms with E-state index in [9.17, 15) is 9.59 Å². The summed E-state index contributed by atoms with van der Waals surface area (Å²) in [6.45, 7) is 0. The fourth-order valence-electron chi connectivity index (χ4n) is 1.48. The SMILES string of the molecule is CNC.O=Cc1cc2ccccc2cc1C=O. The van der Waals surface area contributed by atoms with Gasteiger partial charge in [0.25, 0.3) is 0 Å². The van der Waals surface area contributed by atoms with Gasteiger partial charge in [-0.05, 0) is 37.0 Å². The number of aldehydes is 2. The molecule has 0 aromatic heterocycles. The summed E-state index contributed by atoms with van der Waals surface area (Å²) in [5.74, 6) is 0. The minimum atomic E-state index is 0.443. The van der Waals surface area contributed by atoms with Gasteiger partial charge in [-0.2, -0.15) is 0 Å². The Kier molecular flexibility index (Phi) is 5.04. The van der Waals surface area contributed by atoms with E-state index >= 15 is 0 Å². The van der Waals surface area contributed by atoms with Crippen LogP contribution >= 0.6 is 0 Å². The fourth-order valence-corrected chi connectivity index (χ4v) is 1.48. The number of nitrogens with one attached hydrogen (secondary N) is 1. The zero-order chi connectivity index (χ0) is 12.7. The van der Waals surface area contributed by atoms with Crippen molar-refractivity contribution in [1.82, 2.24) is 5.32 Å². The van der Waals surface area contributed by atoms with Crippen LogP contribution in [0.2, 0.25) is 0 Å². The lowest BCUT2D eigenvalue weighted by molar-refractivity contribution is 0.109. The Hall–Kier alpha value is -2.00. The highest BCUT2D eigenvalue weighted by atomic mass is 16.1. The second kappa shape index (κ2) is 6.55. The van der Waals surface area contributed by atoms with Gasteiger partial charge in [-0.15, -0.1) is 0 Å². The van der Waals surface area contributed by atoms with Crippen molar-refractivity contribution < 1.29 is 9.59 Å². The number of hydrogen-bond donors (Lipinski definition) is 1. The summed E-state index contributed by atoms with van der Waals surface area (Å²) in [6.07, 6.45) is 1.41.